The Morgan fingerprint density at radius 3 is 2.56 bits per heavy atom. The van der Waals surface area contributed by atoms with E-state index in [1.165, 1.54) is 16.4 Å². The highest BCUT2D eigenvalue weighted by atomic mass is 32.2. The normalized spacial score (nSPS) is 22.2. The van der Waals surface area contributed by atoms with Gasteiger partial charge in [0.25, 0.3) is 5.69 Å². The van der Waals surface area contributed by atoms with E-state index in [0.29, 0.717) is 23.2 Å². The van der Waals surface area contributed by atoms with Crippen molar-refractivity contribution in [1.29, 1.82) is 0 Å². The summed E-state index contributed by atoms with van der Waals surface area (Å²) in [6.45, 7) is 3.97. The standard InChI is InChI=1S/C19H22N2O5S/c1-12-3-4-15(21(22)23)10-19(12)27(24,25)20(14-5-6-14)11-16-7-8-18(26-16)17-9-13(17)2/h3-4,7-8,10,13-14,17H,5-6,9,11H2,1-2H3. The molecule has 2 aromatic rings. The van der Waals surface area contributed by atoms with Crippen molar-refractivity contribution in [3.8, 4) is 0 Å². The van der Waals surface area contributed by atoms with E-state index < -0.39 is 14.9 Å². The van der Waals surface area contributed by atoms with E-state index in [1.807, 2.05) is 12.1 Å². The molecule has 0 bridgehead atoms. The summed E-state index contributed by atoms with van der Waals surface area (Å²) >= 11 is 0. The van der Waals surface area contributed by atoms with Gasteiger partial charge >= 0.3 is 0 Å². The van der Waals surface area contributed by atoms with Crippen LogP contribution >= 0.6 is 0 Å². The lowest BCUT2D eigenvalue weighted by Crippen LogP contribution is -2.33. The van der Waals surface area contributed by atoms with Gasteiger partial charge in [0.15, 0.2) is 0 Å². The Hall–Kier alpha value is -2.19. The summed E-state index contributed by atoms with van der Waals surface area (Å²) in [6, 6.07) is 7.65. The van der Waals surface area contributed by atoms with Gasteiger partial charge in [0.2, 0.25) is 10.0 Å². The van der Waals surface area contributed by atoms with Gasteiger partial charge in [-0.2, -0.15) is 4.31 Å². The Labute approximate surface area is 158 Å². The lowest BCUT2D eigenvalue weighted by Gasteiger charge is -2.22. The Morgan fingerprint density at radius 2 is 1.96 bits per heavy atom. The van der Waals surface area contributed by atoms with Crippen molar-refractivity contribution < 1.29 is 17.8 Å². The maximum Gasteiger partial charge on any atom is 0.270 e. The number of aryl methyl sites for hydroxylation is 1. The zero-order valence-corrected chi connectivity index (χ0v) is 16.1. The third kappa shape index (κ3) is 3.51. The van der Waals surface area contributed by atoms with Gasteiger partial charge in [-0.3, -0.25) is 10.1 Å². The van der Waals surface area contributed by atoms with Crippen LogP contribution in [-0.4, -0.2) is 23.7 Å². The van der Waals surface area contributed by atoms with Crippen LogP contribution in [0.2, 0.25) is 0 Å². The number of benzene rings is 1. The van der Waals surface area contributed by atoms with Gasteiger partial charge in [-0.25, -0.2) is 8.42 Å². The van der Waals surface area contributed by atoms with E-state index in [0.717, 1.165) is 31.1 Å². The minimum Gasteiger partial charge on any atom is -0.464 e. The first kappa shape index (κ1) is 18.2. The van der Waals surface area contributed by atoms with Crippen LogP contribution < -0.4 is 0 Å². The Morgan fingerprint density at radius 1 is 1.26 bits per heavy atom. The van der Waals surface area contributed by atoms with Gasteiger partial charge < -0.3 is 4.42 Å². The van der Waals surface area contributed by atoms with Crippen LogP contribution in [0.25, 0.3) is 0 Å². The molecule has 27 heavy (non-hydrogen) atoms. The molecule has 1 aromatic heterocycles. The van der Waals surface area contributed by atoms with E-state index in [2.05, 4.69) is 6.92 Å². The molecule has 2 saturated carbocycles. The van der Waals surface area contributed by atoms with Crippen LogP contribution in [0.3, 0.4) is 0 Å². The molecule has 2 atom stereocenters. The molecule has 1 heterocycles. The number of furan rings is 1. The van der Waals surface area contributed by atoms with Gasteiger partial charge in [0, 0.05) is 24.1 Å². The number of rotatable bonds is 7. The highest BCUT2D eigenvalue weighted by Crippen LogP contribution is 2.47. The topological polar surface area (TPSA) is 93.7 Å². The van der Waals surface area contributed by atoms with E-state index in [-0.39, 0.29) is 23.2 Å². The average Bonchev–Trinajstić information content (AvgIpc) is 3.53. The van der Waals surface area contributed by atoms with Gasteiger partial charge in [0.05, 0.1) is 16.4 Å². The Bertz CT molecular complexity index is 993. The minimum atomic E-state index is -3.86. The highest BCUT2D eigenvalue weighted by Gasteiger charge is 2.41. The molecule has 0 spiro atoms. The first-order valence-electron chi connectivity index (χ1n) is 9.13. The summed E-state index contributed by atoms with van der Waals surface area (Å²) in [7, 11) is -3.86. The summed E-state index contributed by atoms with van der Waals surface area (Å²) < 4.78 is 33.9. The molecule has 0 saturated heterocycles. The van der Waals surface area contributed by atoms with E-state index in [1.54, 1.807) is 6.92 Å². The number of non-ortho nitro benzene ring substituents is 1. The van der Waals surface area contributed by atoms with Gasteiger partial charge in [0.1, 0.15) is 11.5 Å². The fourth-order valence-corrected chi connectivity index (χ4v) is 5.33. The zero-order valence-electron chi connectivity index (χ0n) is 15.3. The van der Waals surface area contributed by atoms with Crippen LogP contribution in [0.15, 0.2) is 39.6 Å². The van der Waals surface area contributed by atoms with E-state index >= 15 is 0 Å². The number of nitrogens with zero attached hydrogens (tertiary/aromatic N) is 2. The van der Waals surface area contributed by atoms with Crippen LogP contribution in [0.5, 0.6) is 0 Å². The number of nitro benzene ring substituents is 1. The first-order valence-corrected chi connectivity index (χ1v) is 10.6. The fraction of sp³-hybridized carbons (Fsp3) is 0.474. The maximum atomic E-state index is 13.3. The SMILES string of the molecule is Cc1ccc([N+](=O)[O-])cc1S(=O)(=O)N(Cc1ccc(C2CC2C)o1)C1CC1. The summed E-state index contributed by atoms with van der Waals surface area (Å²) in [5.41, 5.74) is 0.274. The maximum absolute atomic E-state index is 13.3. The second-order valence-corrected chi connectivity index (χ2v) is 9.47. The predicted octanol–water partition coefficient (Wildman–Crippen LogP) is 3.97. The third-order valence-electron chi connectivity index (χ3n) is 5.39. The quantitative estimate of drug-likeness (QED) is 0.527. The molecule has 4 rings (SSSR count). The molecule has 2 aliphatic rings. The lowest BCUT2D eigenvalue weighted by atomic mass is 10.2. The molecule has 0 amide bonds. The predicted molar refractivity (Wildman–Crippen MR) is 98.8 cm³/mol. The Kier molecular flexibility index (Phi) is 4.35. The second kappa shape index (κ2) is 6.45. The van der Waals surface area contributed by atoms with Gasteiger partial charge in [-0.05, 0) is 49.8 Å². The molecule has 0 radical (unpaired) electrons. The summed E-state index contributed by atoms with van der Waals surface area (Å²) in [6.07, 6.45) is 2.69. The van der Waals surface area contributed by atoms with E-state index in [9.17, 15) is 18.5 Å². The smallest absolute Gasteiger partial charge is 0.270 e. The van der Waals surface area contributed by atoms with Crippen molar-refractivity contribution in [2.75, 3.05) is 0 Å². The summed E-state index contributed by atoms with van der Waals surface area (Å²) in [4.78, 5) is 10.5. The van der Waals surface area contributed by atoms with Crippen molar-refractivity contribution in [3.05, 3.63) is 57.5 Å². The number of sulfonamides is 1. The molecular weight excluding hydrogens is 368 g/mol. The first-order chi connectivity index (χ1) is 12.8. The van der Waals surface area contributed by atoms with Crippen molar-refractivity contribution >= 4 is 15.7 Å². The molecule has 144 valence electrons. The molecule has 1 aromatic carbocycles. The van der Waals surface area contributed by atoms with Crippen molar-refractivity contribution in [1.82, 2.24) is 4.31 Å². The molecule has 2 unspecified atom stereocenters. The number of hydrogen-bond donors (Lipinski definition) is 0. The number of hydrogen-bond acceptors (Lipinski definition) is 5. The Balaban J connectivity index is 1.64. The van der Waals surface area contributed by atoms with Crippen molar-refractivity contribution in [2.45, 2.75) is 56.5 Å². The fourth-order valence-electron chi connectivity index (χ4n) is 3.43. The van der Waals surface area contributed by atoms with Gasteiger partial charge in [-0.1, -0.05) is 13.0 Å². The van der Waals surface area contributed by atoms with Crippen LogP contribution in [-0.2, 0) is 16.6 Å². The van der Waals surface area contributed by atoms with Crippen LogP contribution in [0, 0.1) is 23.0 Å². The summed E-state index contributed by atoms with van der Waals surface area (Å²) in [5, 5.41) is 11.1. The molecule has 0 N–H and O–H groups in total. The molecule has 2 aliphatic carbocycles. The zero-order chi connectivity index (χ0) is 19.3. The molecular formula is C19H22N2O5S. The molecule has 2 fully saturated rings. The van der Waals surface area contributed by atoms with Gasteiger partial charge in [-0.15, -0.1) is 0 Å². The van der Waals surface area contributed by atoms with Crippen LogP contribution in [0.1, 0.15) is 49.2 Å². The van der Waals surface area contributed by atoms with Crippen molar-refractivity contribution in [3.63, 3.8) is 0 Å². The second-order valence-electron chi connectivity index (χ2n) is 7.61. The molecule has 0 aliphatic heterocycles. The molecule has 8 heteroatoms. The van der Waals surface area contributed by atoms with Crippen LogP contribution in [0.4, 0.5) is 5.69 Å². The largest absolute Gasteiger partial charge is 0.464 e. The lowest BCUT2D eigenvalue weighted by molar-refractivity contribution is -0.385. The number of nitro groups is 1. The van der Waals surface area contributed by atoms with Crippen molar-refractivity contribution in [2.24, 2.45) is 5.92 Å². The highest BCUT2D eigenvalue weighted by molar-refractivity contribution is 7.89. The minimum absolute atomic E-state index is 0.00815. The monoisotopic (exact) mass is 390 g/mol. The summed E-state index contributed by atoms with van der Waals surface area (Å²) in [5.74, 6) is 2.57. The molecule has 7 nitrogen and oxygen atoms in total. The third-order valence-corrected chi connectivity index (χ3v) is 7.43. The van der Waals surface area contributed by atoms with E-state index in [4.69, 9.17) is 4.42 Å². The average molecular weight is 390 g/mol.